The molecule has 8 heteroatoms. The lowest BCUT2D eigenvalue weighted by atomic mass is 10.1. The van der Waals surface area contributed by atoms with E-state index in [4.69, 9.17) is 4.74 Å². The van der Waals surface area contributed by atoms with Crippen LogP contribution in [0.25, 0.3) is 10.9 Å². The standard InChI is InChI=1S/C20H22N4O3S/c1-14-8-9-16-5-3-7-18(20(16)22-14)28(25,26)24-12-4-6-17(13-24)27-19-10-11-21-15(2)23-19/h3,5,7-11,17H,4,6,12-13H2,1-2H3. The van der Waals surface area contributed by atoms with Gasteiger partial charge in [-0.3, -0.25) is 4.98 Å². The zero-order valence-electron chi connectivity index (χ0n) is 15.9. The molecular formula is C20H22N4O3S. The van der Waals surface area contributed by atoms with Gasteiger partial charge in [0.15, 0.2) is 0 Å². The number of para-hydroxylation sites is 1. The summed E-state index contributed by atoms with van der Waals surface area (Å²) in [5.41, 5.74) is 1.30. The Balaban J connectivity index is 1.62. The van der Waals surface area contributed by atoms with Gasteiger partial charge in [0.25, 0.3) is 0 Å². The first-order valence-electron chi connectivity index (χ1n) is 9.26. The zero-order chi connectivity index (χ0) is 19.7. The molecule has 1 aliphatic heterocycles. The fourth-order valence-electron chi connectivity index (χ4n) is 3.46. The first-order valence-corrected chi connectivity index (χ1v) is 10.7. The fourth-order valence-corrected chi connectivity index (χ4v) is 5.12. The number of ether oxygens (including phenoxy) is 1. The average molecular weight is 398 g/mol. The van der Waals surface area contributed by atoms with Crippen molar-refractivity contribution in [3.05, 3.63) is 54.1 Å². The van der Waals surface area contributed by atoms with Crippen molar-refractivity contribution in [2.75, 3.05) is 13.1 Å². The maximum atomic E-state index is 13.4. The van der Waals surface area contributed by atoms with Crippen LogP contribution in [0.4, 0.5) is 0 Å². The highest BCUT2D eigenvalue weighted by Gasteiger charge is 2.32. The Hall–Kier alpha value is -2.58. The van der Waals surface area contributed by atoms with Gasteiger partial charge in [-0.15, -0.1) is 0 Å². The van der Waals surface area contributed by atoms with Crippen LogP contribution in [0.5, 0.6) is 5.88 Å². The lowest BCUT2D eigenvalue weighted by Gasteiger charge is -2.32. The van der Waals surface area contributed by atoms with Gasteiger partial charge in [-0.25, -0.2) is 13.4 Å². The Morgan fingerprint density at radius 2 is 1.96 bits per heavy atom. The first-order chi connectivity index (χ1) is 13.4. The number of aryl methyl sites for hydroxylation is 2. The zero-order valence-corrected chi connectivity index (χ0v) is 16.7. The summed E-state index contributed by atoms with van der Waals surface area (Å²) in [4.78, 5) is 13.0. The summed E-state index contributed by atoms with van der Waals surface area (Å²) in [5, 5.41) is 0.813. The van der Waals surface area contributed by atoms with E-state index in [9.17, 15) is 8.42 Å². The highest BCUT2D eigenvalue weighted by Crippen LogP contribution is 2.27. The van der Waals surface area contributed by atoms with Crippen LogP contribution >= 0.6 is 0 Å². The second-order valence-corrected chi connectivity index (χ2v) is 8.87. The predicted molar refractivity (Wildman–Crippen MR) is 106 cm³/mol. The van der Waals surface area contributed by atoms with Crippen molar-refractivity contribution in [2.45, 2.75) is 37.7 Å². The Morgan fingerprint density at radius 3 is 2.79 bits per heavy atom. The number of sulfonamides is 1. The molecule has 1 aromatic carbocycles. The molecule has 7 nitrogen and oxygen atoms in total. The summed E-state index contributed by atoms with van der Waals surface area (Å²) in [7, 11) is -3.68. The number of hydrogen-bond acceptors (Lipinski definition) is 6. The highest BCUT2D eigenvalue weighted by atomic mass is 32.2. The second-order valence-electron chi connectivity index (χ2n) is 6.97. The van der Waals surface area contributed by atoms with E-state index in [1.165, 1.54) is 4.31 Å². The molecule has 1 saturated heterocycles. The first kappa shape index (κ1) is 18.8. The smallest absolute Gasteiger partial charge is 0.245 e. The summed E-state index contributed by atoms with van der Waals surface area (Å²) in [6.45, 7) is 4.40. The van der Waals surface area contributed by atoms with Gasteiger partial charge in [-0.05, 0) is 38.8 Å². The lowest BCUT2D eigenvalue weighted by Crippen LogP contribution is -2.44. The Labute approximate surface area is 164 Å². The number of pyridine rings is 1. The molecule has 146 valence electrons. The van der Waals surface area contributed by atoms with Gasteiger partial charge < -0.3 is 4.74 Å². The van der Waals surface area contributed by atoms with Crippen molar-refractivity contribution < 1.29 is 13.2 Å². The van der Waals surface area contributed by atoms with Crippen molar-refractivity contribution in [3.63, 3.8) is 0 Å². The largest absolute Gasteiger partial charge is 0.473 e. The van der Waals surface area contributed by atoms with Crippen LogP contribution in [-0.2, 0) is 10.0 Å². The summed E-state index contributed by atoms with van der Waals surface area (Å²) in [5.74, 6) is 1.09. The number of fused-ring (bicyclic) bond motifs is 1. The Bertz CT molecular complexity index is 1120. The van der Waals surface area contributed by atoms with E-state index in [0.29, 0.717) is 23.8 Å². The van der Waals surface area contributed by atoms with E-state index in [1.54, 1.807) is 31.3 Å². The number of piperidine rings is 1. The lowest BCUT2D eigenvalue weighted by molar-refractivity contribution is 0.124. The molecule has 0 aliphatic carbocycles. The van der Waals surface area contributed by atoms with Crippen molar-refractivity contribution in [3.8, 4) is 5.88 Å². The van der Waals surface area contributed by atoms with Crippen molar-refractivity contribution in [2.24, 2.45) is 0 Å². The molecule has 0 radical (unpaired) electrons. The molecule has 1 unspecified atom stereocenters. The third kappa shape index (κ3) is 3.70. The van der Waals surface area contributed by atoms with Crippen LogP contribution in [0, 0.1) is 13.8 Å². The fraction of sp³-hybridized carbons (Fsp3) is 0.350. The van der Waals surface area contributed by atoms with Crippen LogP contribution < -0.4 is 4.74 Å². The monoisotopic (exact) mass is 398 g/mol. The molecule has 1 atom stereocenters. The quantitative estimate of drug-likeness (QED) is 0.672. The maximum absolute atomic E-state index is 13.4. The third-order valence-corrected chi connectivity index (χ3v) is 6.72. The molecule has 4 rings (SSSR count). The van der Waals surface area contributed by atoms with Crippen LogP contribution in [0.2, 0.25) is 0 Å². The van der Waals surface area contributed by atoms with E-state index in [1.807, 2.05) is 25.1 Å². The van der Waals surface area contributed by atoms with Crippen molar-refractivity contribution in [1.29, 1.82) is 0 Å². The molecule has 1 aliphatic rings. The number of aromatic nitrogens is 3. The average Bonchev–Trinajstić information content (AvgIpc) is 2.67. The minimum absolute atomic E-state index is 0.243. The molecule has 0 amide bonds. The number of nitrogens with zero attached hydrogens (tertiary/aromatic N) is 4. The van der Waals surface area contributed by atoms with E-state index >= 15 is 0 Å². The van der Waals surface area contributed by atoms with Crippen LogP contribution in [0.3, 0.4) is 0 Å². The third-order valence-electron chi connectivity index (χ3n) is 4.82. The number of benzene rings is 1. The Morgan fingerprint density at radius 1 is 1.11 bits per heavy atom. The van der Waals surface area contributed by atoms with Crippen molar-refractivity contribution in [1.82, 2.24) is 19.3 Å². The van der Waals surface area contributed by atoms with Crippen LogP contribution in [0.1, 0.15) is 24.4 Å². The van der Waals surface area contributed by atoms with Gasteiger partial charge in [0.1, 0.15) is 16.8 Å². The SMILES string of the molecule is Cc1ccc2cccc(S(=O)(=O)N3CCCC(Oc4ccnc(C)n4)C3)c2n1. The second kappa shape index (κ2) is 7.44. The molecule has 2 aromatic heterocycles. The summed E-state index contributed by atoms with van der Waals surface area (Å²) in [6.07, 6.45) is 2.90. The van der Waals surface area contributed by atoms with Crippen molar-refractivity contribution >= 4 is 20.9 Å². The minimum atomic E-state index is -3.68. The Kier molecular flexibility index (Phi) is 4.99. The predicted octanol–water partition coefficient (Wildman–Crippen LogP) is 2.87. The normalized spacial score (nSPS) is 18.3. The molecular weight excluding hydrogens is 376 g/mol. The van der Waals surface area contributed by atoms with Gasteiger partial charge in [-0.2, -0.15) is 9.29 Å². The molecule has 0 spiro atoms. The molecule has 28 heavy (non-hydrogen) atoms. The molecule has 0 bridgehead atoms. The molecule has 3 heterocycles. The van der Waals surface area contributed by atoms with Gasteiger partial charge in [-0.1, -0.05) is 18.2 Å². The van der Waals surface area contributed by atoms with E-state index in [0.717, 1.165) is 23.9 Å². The van der Waals surface area contributed by atoms with E-state index in [-0.39, 0.29) is 17.5 Å². The highest BCUT2D eigenvalue weighted by molar-refractivity contribution is 7.89. The van der Waals surface area contributed by atoms with Gasteiger partial charge >= 0.3 is 0 Å². The maximum Gasteiger partial charge on any atom is 0.245 e. The summed E-state index contributed by atoms with van der Waals surface area (Å²) < 4.78 is 34.2. The minimum Gasteiger partial charge on any atom is -0.473 e. The summed E-state index contributed by atoms with van der Waals surface area (Å²) >= 11 is 0. The number of rotatable bonds is 4. The van der Waals surface area contributed by atoms with Gasteiger partial charge in [0.2, 0.25) is 15.9 Å². The summed E-state index contributed by atoms with van der Waals surface area (Å²) in [6, 6.07) is 10.7. The van der Waals surface area contributed by atoms with E-state index < -0.39 is 10.0 Å². The topological polar surface area (TPSA) is 85.3 Å². The number of hydrogen-bond donors (Lipinski definition) is 0. The molecule has 3 aromatic rings. The van der Waals surface area contributed by atoms with Crippen LogP contribution in [-0.4, -0.2) is 46.9 Å². The molecule has 0 N–H and O–H groups in total. The molecule has 1 fully saturated rings. The molecule has 0 saturated carbocycles. The van der Waals surface area contributed by atoms with Gasteiger partial charge in [0, 0.05) is 29.9 Å². The van der Waals surface area contributed by atoms with E-state index in [2.05, 4.69) is 15.0 Å². The van der Waals surface area contributed by atoms with Crippen LogP contribution in [0.15, 0.2) is 47.5 Å². The van der Waals surface area contributed by atoms with Gasteiger partial charge in [0.05, 0.1) is 12.1 Å².